The molecule has 0 aliphatic carbocycles. The molecule has 0 unspecified atom stereocenters. The van der Waals surface area contributed by atoms with Gasteiger partial charge >= 0.3 is 0 Å². The van der Waals surface area contributed by atoms with E-state index in [1.807, 2.05) is 0 Å². The third-order valence-electron chi connectivity index (χ3n) is 1.16. The van der Waals surface area contributed by atoms with Crippen LogP contribution in [0, 0.1) is 6.92 Å². The molecular formula is C7H7NO. The maximum Gasteiger partial charge on any atom is 0.201 e. The third-order valence-corrected chi connectivity index (χ3v) is 1.16. The normalized spacial score (nSPS) is 9.44. The minimum Gasteiger partial charge on any atom is -0.395 e. The lowest BCUT2D eigenvalue weighted by atomic mass is 10.2. The van der Waals surface area contributed by atoms with Crippen LogP contribution in [0.1, 0.15) is 5.56 Å². The molecule has 0 saturated carbocycles. The predicted octanol–water partition coefficient (Wildman–Crippen LogP) is 1.59. The number of nitrogen functional groups attached to an aromatic ring is 1. The van der Waals surface area contributed by atoms with Crippen LogP contribution in [-0.2, 0) is 5.11 Å². The number of rotatable bonds is 0. The van der Waals surface area contributed by atoms with E-state index in [1.165, 1.54) is 6.07 Å². The van der Waals surface area contributed by atoms with Crippen molar-refractivity contribution in [2.24, 2.45) is 0 Å². The first-order valence-electron chi connectivity index (χ1n) is 2.59. The average Bonchev–Trinajstić information content (AvgIpc) is 1.83. The molecule has 0 fully saturated rings. The molecule has 0 bridgehead atoms. The van der Waals surface area contributed by atoms with Crippen molar-refractivity contribution in [2.45, 2.75) is 0 Å². The predicted molar refractivity (Wildman–Crippen MR) is 35.4 cm³/mol. The lowest BCUT2D eigenvalue weighted by Crippen LogP contribution is -1.87. The Morgan fingerprint density at radius 3 is 2.56 bits per heavy atom. The van der Waals surface area contributed by atoms with Crippen LogP contribution in [-0.4, -0.2) is 0 Å². The van der Waals surface area contributed by atoms with Crippen molar-refractivity contribution < 1.29 is 5.11 Å². The van der Waals surface area contributed by atoms with Gasteiger partial charge in [-0.1, -0.05) is 12.1 Å². The smallest absolute Gasteiger partial charge is 0.201 e. The highest BCUT2D eigenvalue weighted by molar-refractivity contribution is 5.58. The van der Waals surface area contributed by atoms with Crippen LogP contribution in [0.15, 0.2) is 18.2 Å². The van der Waals surface area contributed by atoms with Crippen molar-refractivity contribution in [3.8, 4) is 5.75 Å². The van der Waals surface area contributed by atoms with E-state index in [4.69, 9.17) is 5.73 Å². The van der Waals surface area contributed by atoms with E-state index in [9.17, 15) is 5.11 Å². The topological polar surface area (TPSA) is 45.9 Å². The summed E-state index contributed by atoms with van der Waals surface area (Å²) in [5.74, 6) is -0.150. The second-order valence-corrected chi connectivity index (χ2v) is 1.83. The Kier molecular flexibility index (Phi) is 1.30. The molecule has 0 heterocycles. The highest BCUT2D eigenvalue weighted by Crippen LogP contribution is 2.22. The Balaban J connectivity index is 3.25. The van der Waals surface area contributed by atoms with Gasteiger partial charge in [-0.25, -0.2) is 0 Å². The summed E-state index contributed by atoms with van der Waals surface area (Å²) in [7, 11) is 0. The van der Waals surface area contributed by atoms with Crippen molar-refractivity contribution in [1.82, 2.24) is 0 Å². The molecule has 0 spiro atoms. The molecule has 2 heteroatoms. The third kappa shape index (κ3) is 0.964. The van der Waals surface area contributed by atoms with Crippen molar-refractivity contribution in [3.63, 3.8) is 0 Å². The fourth-order valence-electron chi connectivity index (χ4n) is 0.589. The summed E-state index contributed by atoms with van der Waals surface area (Å²) in [5.41, 5.74) is 6.15. The molecule has 46 valence electrons. The van der Waals surface area contributed by atoms with Gasteiger partial charge in [-0.15, -0.1) is 0 Å². The van der Waals surface area contributed by atoms with Gasteiger partial charge in [-0.05, 0) is 18.6 Å². The number of para-hydroxylation sites is 1. The van der Waals surface area contributed by atoms with Gasteiger partial charge in [0.05, 0.1) is 5.69 Å². The highest BCUT2D eigenvalue weighted by Gasteiger charge is 1.98. The number of hydrogen-bond acceptors (Lipinski definition) is 1. The molecule has 0 aliphatic heterocycles. The largest absolute Gasteiger partial charge is 0.395 e. The minimum atomic E-state index is -0.150. The van der Waals surface area contributed by atoms with Gasteiger partial charge in [0.25, 0.3) is 0 Å². The first-order chi connectivity index (χ1) is 4.22. The van der Waals surface area contributed by atoms with Gasteiger partial charge in [-0.3, -0.25) is 5.11 Å². The first-order valence-corrected chi connectivity index (χ1v) is 2.59. The lowest BCUT2D eigenvalue weighted by Gasteiger charge is -1.96. The van der Waals surface area contributed by atoms with Gasteiger partial charge in [0.2, 0.25) is 5.75 Å². The van der Waals surface area contributed by atoms with Crippen molar-refractivity contribution >= 4 is 5.69 Å². The second kappa shape index (κ2) is 1.97. The van der Waals surface area contributed by atoms with Crippen LogP contribution in [0.5, 0.6) is 5.75 Å². The van der Waals surface area contributed by atoms with E-state index in [-0.39, 0.29) is 11.4 Å². The summed E-state index contributed by atoms with van der Waals surface area (Å²) >= 11 is 0. The van der Waals surface area contributed by atoms with E-state index in [0.717, 1.165) is 0 Å². The van der Waals surface area contributed by atoms with Gasteiger partial charge < -0.3 is 5.73 Å². The molecule has 2 nitrogen and oxygen atoms in total. The molecule has 0 atom stereocenters. The summed E-state index contributed by atoms with van der Waals surface area (Å²) in [6.07, 6.45) is 0. The van der Waals surface area contributed by atoms with Crippen LogP contribution in [0.2, 0.25) is 0 Å². The monoisotopic (exact) mass is 121 g/mol. The first kappa shape index (κ1) is 5.95. The molecule has 9 heavy (non-hydrogen) atoms. The van der Waals surface area contributed by atoms with E-state index in [0.29, 0.717) is 5.56 Å². The van der Waals surface area contributed by atoms with Gasteiger partial charge in [0.1, 0.15) is 0 Å². The maximum absolute atomic E-state index is 10.7. The second-order valence-electron chi connectivity index (χ2n) is 1.83. The summed E-state index contributed by atoms with van der Waals surface area (Å²) in [5, 5.41) is 10.7. The standard InChI is InChI=1S/C7H7NO/c1-5-3-2-4-6(9)7(5)8/h2-4H,1,8H2. The molecule has 0 saturated heterocycles. The molecule has 2 radical (unpaired) electrons. The molecule has 1 rings (SSSR count). The molecule has 1 aromatic rings. The molecule has 2 N–H and O–H groups in total. The minimum absolute atomic E-state index is 0.150. The molecular weight excluding hydrogens is 114 g/mol. The van der Waals surface area contributed by atoms with Crippen molar-refractivity contribution in [2.75, 3.05) is 5.73 Å². The number of hydrogen-bond donors (Lipinski definition) is 1. The highest BCUT2D eigenvalue weighted by atomic mass is 16.3. The summed E-state index contributed by atoms with van der Waals surface area (Å²) in [6.45, 7) is 3.56. The Hall–Kier alpha value is -1.18. The number of benzene rings is 1. The summed E-state index contributed by atoms with van der Waals surface area (Å²) < 4.78 is 0. The molecule has 0 aromatic heterocycles. The molecule has 0 amide bonds. The van der Waals surface area contributed by atoms with Gasteiger partial charge in [-0.2, -0.15) is 0 Å². The van der Waals surface area contributed by atoms with Crippen LogP contribution in [0.3, 0.4) is 0 Å². The number of anilines is 1. The van der Waals surface area contributed by atoms with Gasteiger partial charge in [0.15, 0.2) is 0 Å². The van der Waals surface area contributed by atoms with Crippen LogP contribution >= 0.6 is 0 Å². The summed E-state index contributed by atoms with van der Waals surface area (Å²) in [6, 6.07) is 4.77. The molecule has 1 aromatic carbocycles. The van der Waals surface area contributed by atoms with Gasteiger partial charge in [0, 0.05) is 0 Å². The van der Waals surface area contributed by atoms with Crippen LogP contribution in [0.25, 0.3) is 0 Å². The fourth-order valence-corrected chi connectivity index (χ4v) is 0.589. The zero-order chi connectivity index (χ0) is 6.85. The quantitative estimate of drug-likeness (QED) is 0.520. The van der Waals surface area contributed by atoms with E-state index in [1.54, 1.807) is 12.1 Å². The van der Waals surface area contributed by atoms with E-state index < -0.39 is 0 Å². The SMILES string of the molecule is [CH2]c1cccc([O])c1N. The zero-order valence-electron chi connectivity index (χ0n) is 4.92. The lowest BCUT2D eigenvalue weighted by molar-refractivity contribution is 0.357. The Morgan fingerprint density at radius 1 is 1.44 bits per heavy atom. The maximum atomic E-state index is 10.7. The molecule has 0 aliphatic rings. The average molecular weight is 121 g/mol. The Bertz CT molecular complexity index is 200. The fraction of sp³-hybridized carbons (Fsp3) is 0. The van der Waals surface area contributed by atoms with Crippen LogP contribution < -0.4 is 5.73 Å². The zero-order valence-corrected chi connectivity index (χ0v) is 4.92. The Morgan fingerprint density at radius 2 is 2.11 bits per heavy atom. The van der Waals surface area contributed by atoms with Crippen molar-refractivity contribution in [3.05, 3.63) is 30.7 Å². The van der Waals surface area contributed by atoms with Crippen molar-refractivity contribution in [1.29, 1.82) is 0 Å². The van der Waals surface area contributed by atoms with E-state index >= 15 is 0 Å². The number of nitrogens with two attached hydrogens (primary N) is 1. The van der Waals surface area contributed by atoms with E-state index in [2.05, 4.69) is 6.92 Å². The Labute approximate surface area is 53.9 Å². The summed E-state index contributed by atoms with van der Waals surface area (Å²) in [4.78, 5) is 0. The van der Waals surface area contributed by atoms with Crippen LogP contribution in [0.4, 0.5) is 5.69 Å².